The SMILES string of the molecule is CCc1ccc(NC(=O)C(=O)N/N=C\c2ccc(OCC(=O)N3CCOCC3)cc2)cc1. The molecule has 2 aromatic carbocycles. The maximum Gasteiger partial charge on any atom is 0.329 e. The third kappa shape index (κ3) is 6.92. The number of anilines is 1. The van der Waals surface area contributed by atoms with Crippen LogP contribution in [-0.4, -0.2) is 61.7 Å². The van der Waals surface area contributed by atoms with Gasteiger partial charge < -0.3 is 19.7 Å². The zero-order valence-electron chi connectivity index (χ0n) is 17.9. The highest BCUT2D eigenvalue weighted by Gasteiger charge is 2.17. The lowest BCUT2D eigenvalue weighted by Gasteiger charge is -2.26. The van der Waals surface area contributed by atoms with Crippen LogP contribution in [0.15, 0.2) is 53.6 Å². The number of benzene rings is 2. The van der Waals surface area contributed by atoms with Crippen LogP contribution in [-0.2, 0) is 25.5 Å². The number of aryl methyl sites for hydroxylation is 1. The predicted octanol–water partition coefficient (Wildman–Crippen LogP) is 1.58. The van der Waals surface area contributed by atoms with Crippen LogP contribution in [0.2, 0.25) is 0 Å². The van der Waals surface area contributed by atoms with Crippen molar-refractivity contribution in [2.45, 2.75) is 13.3 Å². The van der Waals surface area contributed by atoms with Gasteiger partial charge in [0.2, 0.25) is 0 Å². The quantitative estimate of drug-likeness (QED) is 0.388. The molecule has 1 aliphatic heterocycles. The number of nitrogens with one attached hydrogen (secondary N) is 2. The fraction of sp³-hybridized carbons (Fsp3) is 0.304. The summed E-state index contributed by atoms with van der Waals surface area (Å²) in [6, 6.07) is 14.1. The summed E-state index contributed by atoms with van der Waals surface area (Å²) < 4.78 is 10.7. The second-order valence-corrected chi connectivity index (χ2v) is 7.05. The van der Waals surface area contributed by atoms with E-state index in [4.69, 9.17) is 9.47 Å². The zero-order valence-corrected chi connectivity index (χ0v) is 17.9. The normalized spacial score (nSPS) is 13.6. The molecular weight excluding hydrogens is 412 g/mol. The number of nitrogens with zero attached hydrogens (tertiary/aromatic N) is 2. The summed E-state index contributed by atoms with van der Waals surface area (Å²) in [7, 11) is 0. The van der Waals surface area contributed by atoms with Crippen LogP contribution in [0.3, 0.4) is 0 Å². The predicted molar refractivity (Wildman–Crippen MR) is 120 cm³/mol. The summed E-state index contributed by atoms with van der Waals surface area (Å²) in [4.78, 5) is 37.6. The maximum absolute atomic E-state index is 12.1. The van der Waals surface area contributed by atoms with E-state index in [1.807, 2.05) is 19.1 Å². The lowest BCUT2D eigenvalue weighted by Crippen LogP contribution is -2.42. The van der Waals surface area contributed by atoms with Crippen molar-refractivity contribution < 1.29 is 23.9 Å². The molecule has 9 heteroatoms. The molecular formula is C23H26N4O5. The molecule has 0 atom stereocenters. The van der Waals surface area contributed by atoms with E-state index in [1.165, 1.54) is 6.21 Å². The topological polar surface area (TPSA) is 109 Å². The third-order valence-electron chi connectivity index (χ3n) is 4.81. The van der Waals surface area contributed by atoms with Gasteiger partial charge in [-0.2, -0.15) is 5.10 Å². The molecule has 0 bridgehead atoms. The van der Waals surface area contributed by atoms with E-state index in [-0.39, 0.29) is 12.5 Å². The Bertz CT molecular complexity index is 951. The average molecular weight is 438 g/mol. The van der Waals surface area contributed by atoms with E-state index in [9.17, 15) is 14.4 Å². The summed E-state index contributed by atoms with van der Waals surface area (Å²) in [6.45, 7) is 4.24. The van der Waals surface area contributed by atoms with Crippen molar-refractivity contribution >= 4 is 29.6 Å². The van der Waals surface area contributed by atoms with Crippen molar-refractivity contribution in [3.63, 3.8) is 0 Å². The molecule has 0 saturated carbocycles. The molecule has 0 aromatic heterocycles. The van der Waals surface area contributed by atoms with E-state index >= 15 is 0 Å². The monoisotopic (exact) mass is 438 g/mol. The van der Waals surface area contributed by atoms with Gasteiger partial charge >= 0.3 is 11.8 Å². The molecule has 1 fully saturated rings. The number of carbonyl (C=O) groups is 3. The molecule has 3 rings (SSSR count). The lowest BCUT2D eigenvalue weighted by atomic mass is 10.1. The van der Waals surface area contributed by atoms with Crippen LogP contribution >= 0.6 is 0 Å². The average Bonchev–Trinajstić information content (AvgIpc) is 2.84. The molecule has 168 valence electrons. The number of amides is 3. The number of carbonyl (C=O) groups excluding carboxylic acids is 3. The van der Waals surface area contributed by atoms with Crippen molar-refractivity contribution in [2.75, 3.05) is 38.2 Å². The highest BCUT2D eigenvalue weighted by Crippen LogP contribution is 2.12. The highest BCUT2D eigenvalue weighted by molar-refractivity contribution is 6.39. The number of hydrazone groups is 1. The summed E-state index contributed by atoms with van der Waals surface area (Å²) in [5.41, 5.74) is 4.55. The molecule has 2 aromatic rings. The Hall–Kier alpha value is -3.72. The Morgan fingerprint density at radius 3 is 2.38 bits per heavy atom. The number of ether oxygens (including phenoxy) is 2. The van der Waals surface area contributed by atoms with Gasteiger partial charge in [-0.15, -0.1) is 0 Å². The first kappa shape index (κ1) is 23.0. The number of morpholine rings is 1. The minimum atomic E-state index is -0.873. The largest absolute Gasteiger partial charge is 0.484 e. The van der Waals surface area contributed by atoms with E-state index in [2.05, 4.69) is 15.8 Å². The lowest BCUT2D eigenvalue weighted by molar-refractivity contribution is -0.137. The van der Waals surface area contributed by atoms with Gasteiger partial charge in [-0.05, 0) is 53.9 Å². The van der Waals surface area contributed by atoms with Crippen LogP contribution in [0.1, 0.15) is 18.1 Å². The minimum absolute atomic E-state index is 0.0419. The minimum Gasteiger partial charge on any atom is -0.484 e. The molecule has 3 amide bonds. The first-order valence-electron chi connectivity index (χ1n) is 10.4. The molecule has 2 N–H and O–H groups in total. The Morgan fingerprint density at radius 1 is 1.03 bits per heavy atom. The molecule has 0 radical (unpaired) electrons. The fourth-order valence-corrected chi connectivity index (χ4v) is 2.93. The summed E-state index contributed by atoms with van der Waals surface area (Å²) in [5.74, 6) is -1.22. The Balaban J connectivity index is 1.42. The Labute approximate surface area is 186 Å². The van der Waals surface area contributed by atoms with Gasteiger partial charge in [0.25, 0.3) is 5.91 Å². The molecule has 1 aliphatic rings. The Kier molecular flexibility index (Phi) is 8.33. The van der Waals surface area contributed by atoms with Gasteiger partial charge in [0.15, 0.2) is 6.61 Å². The second-order valence-electron chi connectivity index (χ2n) is 7.05. The zero-order chi connectivity index (χ0) is 22.8. The van der Waals surface area contributed by atoms with Gasteiger partial charge in [-0.25, -0.2) is 5.43 Å². The molecule has 0 unspecified atom stereocenters. The van der Waals surface area contributed by atoms with Gasteiger partial charge in [0, 0.05) is 18.8 Å². The molecule has 1 heterocycles. The standard InChI is InChI=1S/C23H26N4O5/c1-2-17-3-7-19(8-4-17)25-22(29)23(30)26-24-15-18-5-9-20(10-6-18)32-16-21(28)27-11-13-31-14-12-27/h3-10,15H,2,11-14,16H2,1H3,(H,25,29)(H,26,30)/b24-15-. The number of rotatable bonds is 7. The smallest absolute Gasteiger partial charge is 0.329 e. The fourth-order valence-electron chi connectivity index (χ4n) is 2.93. The van der Waals surface area contributed by atoms with Crippen LogP contribution in [0, 0.1) is 0 Å². The highest BCUT2D eigenvalue weighted by atomic mass is 16.5. The summed E-state index contributed by atoms with van der Waals surface area (Å²) >= 11 is 0. The molecule has 32 heavy (non-hydrogen) atoms. The van der Waals surface area contributed by atoms with Crippen LogP contribution in [0.25, 0.3) is 0 Å². The van der Waals surface area contributed by atoms with E-state index in [0.29, 0.717) is 43.3 Å². The number of hydrogen-bond donors (Lipinski definition) is 2. The van der Waals surface area contributed by atoms with Crippen LogP contribution < -0.4 is 15.5 Å². The summed E-state index contributed by atoms with van der Waals surface area (Å²) in [5, 5.41) is 6.31. The Morgan fingerprint density at radius 2 is 1.72 bits per heavy atom. The molecule has 0 aliphatic carbocycles. The van der Waals surface area contributed by atoms with Crippen molar-refractivity contribution in [1.82, 2.24) is 10.3 Å². The van der Waals surface area contributed by atoms with Gasteiger partial charge in [0.1, 0.15) is 5.75 Å². The molecule has 0 spiro atoms. The first-order valence-corrected chi connectivity index (χ1v) is 10.4. The van der Waals surface area contributed by atoms with Gasteiger partial charge in [0.05, 0.1) is 19.4 Å². The first-order chi connectivity index (χ1) is 15.5. The van der Waals surface area contributed by atoms with Crippen LogP contribution in [0.5, 0.6) is 5.75 Å². The van der Waals surface area contributed by atoms with Crippen molar-refractivity contribution in [1.29, 1.82) is 0 Å². The van der Waals surface area contributed by atoms with E-state index in [1.54, 1.807) is 41.3 Å². The van der Waals surface area contributed by atoms with Gasteiger partial charge in [-0.3, -0.25) is 14.4 Å². The second kappa shape index (κ2) is 11.6. The third-order valence-corrected chi connectivity index (χ3v) is 4.81. The number of hydrogen-bond acceptors (Lipinski definition) is 6. The van der Waals surface area contributed by atoms with Crippen molar-refractivity contribution in [3.8, 4) is 5.75 Å². The van der Waals surface area contributed by atoms with Gasteiger partial charge in [-0.1, -0.05) is 19.1 Å². The van der Waals surface area contributed by atoms with Crippen molar-refractivity contribution in [3.05, 3.63) is 59.7 Å². The van der Waals surface area contributed by atoms with Crippen LogP contribution in [0.4, 0.5) is 5.69 Å². The molecule has 1 saturated heterocycles. The van der Waals surface area contributed by atoms with Crippen molar-refractivity contribution in [2.24, 2.45) is 5.10 Å². The van der Waals surface area contributed by atoms with E-state index in [0.717, 1.165) is 12.0 Å². The molecule has 9 nitrogen and oxygen atoms in total. The summed E-state index contributed by atoms with van der Waals surface area (Å²) in [6.07, 6.45) is 2.30. The maximum atomic E-state index is 12.1. The van der Waals surface area contributed by atoms with E-state index < -0.39 is 11.8 Å².